The molecule has 10 aromatic carbocycles. The summed E-state index contributed by atoms with van der Waals surface area (Å²) in [5.41, 5.74) is 7.62. The molecule has 0 bridgehead atoms. The highest BCUT2D eigenvalue weighted by molar-refractivity contribution is 7.30. The van der Waals surface area contributed by atoms with E-state index in [9.17, 15) is 0 Å². The third-order valence-corrected chi connectivity index (χ3v) is 13.9. The molecule has 0 N–H and O–H groups in total. The van der Waals surface area contributed by atoms with Crippen LogP contribution < -0.4 is 0 Å². The summed E-state index contributed by atoms with van der Waals surface area (Å²) < 4.78 is 5.46. The maximum absolute atomic E-state index is 2.43. The summed E-state index contributed by atoms with van der Waals surface area (Å²) in [6.45, 7) is 0. The number of hydrogen-bond acceptors (Lipinski definition) is 2. The van der Waals surface area contributed by atoms with Crippen molar-refractivity contribution in [2.24, 2.45) is 0 Å². The maximum atomic E-state index is 2.43. The summed E-state index contributed by atoms with van der Waals surface area (Å²) in [6.07, 6.45) is 0. The van der Waals surface area contributed by atoms with E-state index >= 15 is 0 Å². The van der Waals surface area contributed by atoms with Crippen LogP contribution in [0.2, 0.25) is 0 Å². The van der Waals surface area contributed by atoms with Gasteiger partial charge in [0.1, 0.15) is 0 Å². The lowest BCUT2D eigenvalue weighted by atomic mass is 9.84. The van der Waals surface area contributed by atoms with Crippen LogP contribution in [0.1, 0.15) is 0 Å². The molecule has 0 amide bonds. The lowest BCUT2D eigenvalue weighted by Crippen LogP contribution is -1.92. The van der Waals surface area contributed by atoms with Gasteiger partial charge in [-0.25, -0.2) is 0 Å². The van der Waals surface area contributed by atoms with E-state index < -0.39 is 0 Å². The lowest BCUT2D eigenvalue weighted by molar-refractivity contribution is 1.66. The van der Waals surface area contributed by atoms with Gasteiger partial charge >= 0.3 is 0 Å². The fourth-order valence-electron chi connectivity index (χ4n) is 9.09. The van der Waals surface area contributed by atoms with Crippen LogP contribution in [0.5, 0.6) is 0 Å². The number of fused-ring (bicyclic) bond motifs is 12. The van der Waals surface area contributed by atoms with Crippen molar-refractivity contribution in [3.63, 3.8) is 0 Å². The molecule has 0 radical (unpaired) electrons. The molecular formula is C52H30S2. The van der Waals surface area contributed by atoms with Gasteiger partial charge in [0.05, 0.1) is 0 Å². The molecule has 0 nitrogen and oxygen atoms in total. The number of thiophene rings is 2. The second-order valence-electron chi connectivity index (χ2n) is 14.3. The van der Waals surface area contributed by atoms with Crippen LogP contribution in [0.4, 0.5) is 0 Å². The monoisotopic (exact) mass is 718 g/mol. The molecule has 0 spiro atoms. The fraction of sp³-hybridized carbons (Fsp3) is 0. The van der Waals surface area contributed by atoms with Gasteiger partial charge in [-0.15, -0.1) is 22.7 Å². The molecule has 12 aromatic rings. The minimum atomic E-state index is 1.25. The molecule has 0 fully saturated rings. The minimum Gasteiger partial charge on any atom is -0.134 e. The zero-order chi connectivity index (χ0) is 35.3. The second-order valence-corrected chi connectivity index (χ2v) is 16.4. The predicted octanol–water partition coefficient (Wildman–Crippen LogP) is 16.0. The van der Waals surface area contributed by atoms with Gasteiger partial charge < -0.3 is 0 Å². The predicted molar refractivity (Wildman–Crippen MR) is 239 cm³/mol. The van der Waals surface area contributed by atoms with Crippen molar-refractivity contribution in [1.82, 2.24) is 0 Å². The molecule has 12 rings (SSSR count). The Kier molecular flexibility index (Phi) is 6.48. The molecule has 0 aliphatic heterocycles. The Bertz CT molecular complexity index is 3430. The molecular weight excluding hydrogens is 689 g/mol. The van der Waals surface area contributed by atoms with E-state index in [1.807, 2.05) is 22.7 Å². The fourth-order valence-corrected chi connectivity index (χ4v) is 11.7. The first kappa shape index (κ1) is 30.2. The smallest absolute Gasteiger partial charge is 0.0448 e. The first-order valence-electron chi connectivity index (χ1n) is 18.5. The van der Waals surface area contributed by atoms with Gasteiger partial charge in [-0.1, -0.05) is 170 Å². The molecule has 0 aliphatic carbocycles. The van der Waals surface area contributed by atoms with Crippen molar-refractivity contribution < 1.29 is 0 Å². The van der Waals surface area contributed by atoms with Crippen molar-refractivity contribution in [3.8, 4) is 33.4 Å². The highest BCUT2D eigenvalue weighted by Gasteiger charge is 2.20. The topological polar surface area (TPSA) is 0 Å². The van der Waals surface area contributed by atoms with E-state index in [-0.39, 0.29) is 0 Å². The first-order valence-corrected chi connectivity index (χ1v) is 20.1. The highest BCUT2D eigenvalue weighted by atomic mass is 32.1. The molecule has 0 saturated carbocycles. The van der Waals surface area contributed by atoms with Crippen LogP contribution in [-0.2, 0) is 0 Å². The van der Waals surface area contributed by atoms with Crippen LogP contribution in [-0.4, -0.2) is 0 Å². The summed E-state index contributed by atoms with van der Waals surface area (Å²) in [4.78, 5) is 0. The second kappa shape index (κ2) is 11.6. The van der Waals surface area contributed by atoms with E-state index in [0.29, 0.717) is 0 Å². The molecule has 0 atom stereocenters. The van der Waals surface area contributed by atoms with Crippen molar-refractivity contribution in [3.05, 3.63) is 182 Å². The minimum absolute atomic E-state index is 1.25. The van der Waals surface area contributed by atoms with Crippen LogP contribution in [0.25, 0.3) is 117 Å². The molecule has 250 valence electrons. The van der Waals surface area contributed by atoms with Crippen molar-refractivity contribution in [2.45, 2.75) is 0 Å². The Morgan fingerprint density at radius 1 is 0.278 bits per heavy atom. The van der Waals surface area contributed by atoms with E-state index in [1.165, 1.54) is 117 Å². The van der Waals surface area contributed by atoms with Gasteiger partial charge in [0.15, 0.2) is 0 Å². The summed E-state index contributed by atoms with van der Waals surface area (Å²) in [5, 5.41) is 15.7. The van der Waals surface area contributed by atoms with Crippen LogP contribution in [0.15, 0.2) is 182 Å². The van der Waals surface area contributed by atoms with E-state index in [2.05, 4.69) is 182 Å². The zero-order valence-corrected chi connectivity index (χ0v) is 30.8. The Labute approximate surface area is 319 Å². The SMILES string of the molecule is c1ccc(-c2c3ccccc3c(-c3ccc(-c4ccc5c(c4)sc4c5ccc5sc6c7ccccc7ccc6c54)c4ccccc34)c3ccccc23)cc1. The van der Waals surface area contributed by atoms with Crippen molar-refractivity contribution >= 4 is 106 Å². The third kappa shape index (κ3) is 4.30. The molecule has 0 saturated heterocycles. The summed E-state index contributed by atoms with van der Waals surface area (Å²) in [6, 6.07) is 67.6. The average molecular weight is 719 g/mol. The van der Waals surface area contributed by atoms with Gasteiger partial charge in [0.25, 0.3) is 0 Å². The molecule has 2 heteroatoms. The summed E-state index contributed by atoms with van der Waals surface area (Å²) in [7, 11) is 0. The Morgan fingerprint density at radius 3 is 1.57 bits per heavy atom. The van der Waals surface area contributed by atoms with Crippen LogP contribution >= 0.6 is 22.7 Å². The van der Waals surface area contributed by atoms with E-state index in [0.717, 1.165) is 0 Å². The number of benzene rings is 10. The Hall–Kier alpha value is -6.32. The quantitative estimate of drug-likeness (QED) is 0.160. The Morgan fingerprint density at radius 2 is 0.833 bits per heavy atom. The van der Waals surface area contributed by atoms with Crippen LogP contribution in [0.3, 0.4) is 0 Å². The average Bonchev–Trinajstić information content (AvgIpc) is 3.81. The van der Waals surface area contributed by atoms with E-state index in [4.69, 9.17) is 0 Å². The number of rotatable bonds is 3. The standard InChI is InChI=1S/C52H30S2/c1-2-13-32(14-3-1)48-39-18-8-10-20-41(39)49(42-21-11-9-19-40(42)48)43-27-26-34(36-16-6-7-17-37(36)43)33-23-24-38-44-28-29-46-50(52(44)54-47(38)30-33)45-25-22-31-12-4-5-15-35(31)51(45)53-46/h1-30H. The maximum Gasteiger partial charge on any atom is 0.0448 e. The van der Waals surface area contributed by atoms with Gasteiger partial charge in [-0.3, -0.25) is 0 Å². The van der Waals surface area contributed by atoms with Crippen molar-refractivity contribution in [1.29, 1.82) is 0 Å². The molecule has 2 aromatic heterocycles. The number of hydrogen-bond donors (Lipinski definition) is 0. The Balaban J connectivity index is 1.07. The largest absolute Gasteiger partial charge is 0.134 e. The van der Waals surface area contributed by atoms with E-state index in [1.54, 1.807) is 0 Å². The van der Waals surface area contributed by atoms with Gasteiger partial charge in [0, 0.05) is 40.3 Å². The lowest BCUT2D eigenvalue weighted by Gasteiger charge is -2.19. The highest BCUT2D eigenvalue weighted by Crippen LogP contribution is 2.49. The molecule has 2 heterocycles. The summed E-state index contributed by atoms with van der Waals surface area (Å²) in [5.74, 6) is 0. The van der Waals surface area contributed by atoms with Crippen LogP contribution in [0, 0.1) is 0 Å². The van der Waals surface area contributed by atoms with Crippen molar-refractivity contribution in [2.75, 3.05) is 0 Å². The van der Waals surface area contributed by atoms with Gasteiger partial charge in [-0.05, 0) is 88.6 Å². The van der Waals surface area contributed by atoms with Gasteiger partial charge in [-0.2, -0.15) is 0 Å². The molecule has 0 unspecified atom stereocenters. The third-order valence-electron chi connectivity index (χ3n) is 11.5. The summed E-state index contributed by atoms with van der Waals surface area (Å²) >= 11 is 3.86. The zero-order valence-electron chi connectivity index (χ0n) is 29.1. The normalized spacial score (nSPS) is 12.1. The molecule has 0 aliphatic rings. The first-order chi connectivity index (χ1) is 26.8. The molecule has 54 heavy (non-hydrogen) atoms. The van der Waals surface area contributed by atoms with Gasteiger partial charge in [0.2, 0.25) is 0 Å².